The Kier molecular flexibility index (Phi) is 2.06. The van der Waals surface area contributed by atoms with Crippen LogP contribution in [0, 0.1) is 0 Å². The number of hydrogen-bond acceptors (Lipinski definition) is 1. The van der Waals surface area contributed by atoms with E-state index in [1.165, 1.54) is 0 Å². The van der Waals surface area contributed by atoms with Crippen LogP contribution in [-0.2, 0) is 0 Å². The molecule has 0 bridgehead atoms. The Morgan fingerprint density at radius 1 is 0.688 bits per heavy atom. The Morgan fingerprint density at radius 2 is 1.12 bits per heavy atom. The molecule has 2 aromatic rings. The van der Waals surface area contributed by atoms with Crippen molar-refractivity contribution in [1.29, 1.82) is 0 Å². The quantitative estimate of drug-likeness (QED) is 0.583. The molecule has 78 valence electrons. The Labute approximate surface area is 103 Å². The van der Waals surface area contributed by atoms with Crippen molar-refractivity contribution in [2.75, 3.05) is 0 Å². The molecule has 3 heteroatoms. The van der Waals surface area contributed by atoms with E-state index in [-0.39, 0.29) is 5.78 Å². The van der Waals surface area contributed by atoms with Gasteiger partial charge in [0.15, 0.2) is 5.78 Å². The molecule has 16 heavy (non-hydrogen) atoms. The third-order valence-corrected chi connectivity index (χ3v) is 3.21. The van der Waals surface area contributed by atoms with Crippen LogP contribution >= 0.6 is 23.2 Å². The van der Waals surface area contributed by atoms with Crippen LogP contribution in [0.25, 0.3) is 11.1 Å². The van der Waals surface area contributed by atoms with E-state index in [9.17, 15) is 4.79 Å². The van der Waals surface area contributed by atoms with E-state index in [2.05, 4.69) is 0 Å². The summed E-state index contributed by atoms with van der Waals surface area (Å²) in [6.45, 7) is 0. The van der Waals surface area contributed by atoms with E-state index in [0.717, 1.165) is 11.1 Å². The molecule has 0 atom stereocenters. The van der Waals surface area contributed by atoms with Gasteiger partial charge in [-0.2, -0.15) is 0 Å². The summed E-state index contributed by atoms with van der Waals surface area (Å²) < 4.78 is 0. The third-order valence-electron chi connectivity index (χ3n) is 2.74. The highest BCUT2D eigenvalue weighted by molar-refractivity contribution is 6.33. The first kappa shape index (κ1) is 9.88. The molecule has 0 unspecified atom stereocenters. The van der Waals surface area contributed by atoms with Gasteiger partial charge in [-0.15, -0.1) is 0 Å². The van der Waals surface area contributed by atoms with Crippen molar-refractivity contribution < 1.29 is 4.79 Å². The minimum absolute atomic E-state index is 0.00463. The van der Waals surface area contributed by atoms with Crippen LogP contribution in [0.1, 0.15) is 15.9 Å². The lowest BCUT2D eigenvalue weighted by Gasteiger charge is -1.99. The molecule has 1 aliphatic carbocycles. The molecule has 0 heterocycles. The van der Waals surface area contributed by atoms with Crippen molar-refractivity contribution in [2.45, 2.75) is 0 Å². The van der Waals surface area contributed by atoms with Gasteiger partial charge in [0.25, 0.3) is 0 Å². The van der Waals surface area contributed by atoms with Gasteiger partial charge in [-0.25, -0.2) is 0 Å². The first-order valence-corrected chi connectivity index (χ1v) is 5.56. The Balaban J connectivity index is 2.34. The highest BCUT2D eigenvalue weighted by atomic mass is 35.5. The fourth-order valence-electron chi connectivity index (χ4n) is 2.02. The van der Waals surface area contributed by atoms with Gasteiger partial charge in [0, 0.05) is 21.2 Å². The smallest absolute Gasteiger partial charge is 0.194 e. The number of carbonyl (C=O) groups is 1. The summed E-state index contributed by atoms with van der Waals surface area (Å²) in [5.41, 5.74) is 3.18. The van der Waals surface area contributed by atoms with Crippen molar-refractivity contribution in [1.82, 2.24) is 0 Å². The molecule has 0 spiro atoms. The molecule has 0 saturated carbocycles. The number of rotatable bonds is 0. The van der Waals surface area contributed by atoms with Crippen molar-refractivity contribution in [3.8, 4) is 11.1 Å². The molecule has 0 fully saturated rings. The highest BCUT2D eigenvalue weighted by Crippen LogP contribution is 2.38. The molecule has 0 radical (unpaired) electrons. The molecule has 0 saturated heterocycles. The summed E-state index contributed by atoms with van der Waals surface area (Å²) in [5, 5.41) is 1.15. The van der Waals surface area contributed by atoms with Gasteiger partial charge in [-0.3, -0.25) is 4.79 Å². The molecule has 3 rings (SSSR count). The van der Waals surface area contributed by atoms with Gasteiger partial charge in [0.2, 0.25) is 0 Å². The van der Waals surface area contributed by atoms with Gasteiger partial charge in [0.1, 0.15) is 0 Å². The minimum Gasteiger partial charge on any atom is -0.289 e. The van der Waals surface area contributed by atoms with Crippen LogP contribution < -0.4 is 0 Å². The maximum atomic E-state index is 12.1. The fraction of sp³-hybridized carbons (Fsp3) is 0. The number of benzene rings is 2. The summed E-state index contributed by atoms with van der Waals surface area (Å²) in [6.07, 6.45) is 0. The van der Waals surface area contributed by atoms with E-state index in [0.29, 0.717) is 21.2 Å². The minimum atomic E-state index is -0.00463. The van der Waals surface area contributed by atoms with Crippen LogP contribution in [0.4, 0.5) is 0 Å². The molecule has 1 aliphatic rings. The molecule has 1 nitrogen and oxygen atoms in total. The van der Waals surface area contributed by atoms with Gasteiger partial charge >= 0.3 is 0 Å². The lowest BCUT2D eigenvalue weighted by atomic mass is 10.1. The zero-order valence-electron chi connectivity index (χ0n) is 8.13. The van der Waals surface area contributed by atoms with E-state index in [4.69, 9.17) is 23.2 Å². The number of fused-ring (bicyclic) bond motifs is 3. The van der Waals surface area contributed by atoms with E-state index in [1.54, 1.807) is 24.3 Å². The van der Waals surface area contributed by atoms with Crippen LogP contribution in [0.5, 0.6) is 0 Å². The Hall–Kier alpha value is -1.31. The first-order chi connectivity index (χ1) is 7.66. The molecule has 0 aliphatic heterocycles. The Bertz CT molecular complexity index is 564. The van der Waals surface area contributed by atoms with Gasteiger partial charge in [0.05, 0.1) is 0 Å². The monoisotopic (exact) mass is 248 g/mol. The van der Waals surface area contributed by atoms with Gasteiger partial charge in [-0.05, 0) is 35.4 Å². The molecule has 2 aromatic carbocycles. The maximum absolute atomic E-state index is 12.1. The summed E-state index contributed by atoms with van der Waals surface area (Å²) in [6, 6.07) is 10.7. The zero-order valence-corrected chi connectivity index (χ0v) is 9.64. The Morgan fingerprint density at radius 3 is 1.56 bits per heavy atom. The second-order valence-corrected chi connectivity index (χ2v) is 4.58. The van der Waals surface area contributed by atoms with Crippen LogP contribution in [0.2, 0.25) is 10.0 Å². The predicted molar refractivity (Wildman–Crippen MR) is 65.3 cm³/mol. The summed E-state index contributed by atoms with van der Waals surface area (Å²) in [7, 11) is 0. The van der Waals surface area contributed by atoms with Crippen molar-refractivity contribution >= 4 is 29.0 Å². The van der Waals surface area contributed by atoms with Gasteiger partial charge < -0.3 is 0 Å². The molecule has 0 amide bonds. The van der Waals surface area contributed by atoms with Crippen LogP contribution in [0.15, 0.2) is 36.4 Å². The van der Waals surface area contributed by atoms with Crippen molar-refractivity contribution in [3.05, 3.63) is 57.6 Å². The highest BCUT2D eigenvalue weighted by Gasteiger charge is 2.26. The van der Waals surface area contributed by atoms with Gasteiger partial charge in [-0.1, -0.05) is 35.3 Å². The number of hydrogen-bond donors (Lipinski definition) is 0. The maximum Gasteiger partial charge on any atom is 0.194 e. The topological polar surface area (TPSA) is 17.1 Å². The number of ketones is 1. The second-order valence-electron chi connectivity index (χ2n) is 3.71. The molecular formula is C13H6Cl2O. The van der Waals surface area contributed by atoms with E-state index >= 15 is 0 Å². The average molecular weight is 249 g/mol. The summed E-state index contributed by atoms with van der Waals surface area (Å²) in [5.74, 6) is -0.00463. The SMILES string of the molecule is O=C1c2cc(Cl)ccc2-c2ccc(Cl)cc21. The third kappa shape index (κ3) is 1.29. The lowest BCUT2D eigenvalue weighted by Crippen LogP contribution is -1.94. The zero-order chi connectivity index (χ0) is 11.3. The van der Waals surface area contributed by atoms with Crippen LogP contribution in [-0.4, -0.2) is 5.78 Å². The van der Waals surface area contributed by atoms with E-state index in [1.807, 2.05) is 12.1 Å². The average Bonchev–Trinajstić information content (AvgIpc) is 2.53. The normalized spacial score (nSPS) is 12.5. The second kappa shape index (κ2) is 3.34. The van der Waals surface area contributed by atoms with Crippen molar-refractivity contribution in [2.24, 2.45) is 0 Å². The summed E-state index contributed by atoms with van der Waals surface area (Å²) >= 11 is 11.8. The first-order valence-electron chi connectivity index (χ1n) is 4.81. The van der Waals surface area contributed by atoms with Crippen LogP contribution in [0.3, 0.4) is 0 Å². The predicted octanol–water partition coefficient (Wildman–Crippen LogP) is 4.20. The standard InChI is InChI=1S/C13H6Cl2O/c14-7-1-3-9-10-4-2-8(15)6-12(10)13(16)11(9)5-7/h1-6H. The number of carbonyl (C=O) groups excluding carboxylic acids is 1. The van der Waals surface area contributed by atoms with E-state index < -0.39 is 0 Å². The fourth-order valence-corrected chi connectivity index (χ4v) is 2.37. The van der Waals surface area contributed by atoms with Crippen molar-refractivity contribution in [3.63, 3.8) is 0 Å². The number of halogens is 2. The summed E-state index contributed by atoms with van der Waals surface area (Å²) in [4.78, 5) is 12.1. The molecular weight excluding hydrogens is 243 g/mol. The molecule has 0 aromatic heterocycles. The largest absolute Gasteiger partial charge is 0.289 e. The lowest BCUT2D eigenvalue weighted by molar-refractivity contribution is 0.104. The molecule has 0 N–H and O–H groups in total.